The monoisotopic (exact) mass is 377 g/mol. The molecule has 0 radical (unpaired) electrons. The molecule has 3 atom stereocenters. The summed E-state index contributed by atoms with van der Waals surface area (Å²) in [5.74, 6) is 0.731. The zero-order valence-electron chi connectivity index (χ0n) is 17.0. The van der Waals surface area contributed by atoms with Crippen LogP contribution in [-0.2, 0) is 4.74 Å². The molecule has 3 nitrogen and oxygen atoms in total. The number of hydrogen-bond acceptors (Lipinski definition) is 3. The van der Waals surface area contributed by atoms with Crippen LogP contribution in [0.2, 0.25) is 0 Å². The molecule has 3 heteroatoms. The number of benzene rings is 2. The number of hydrogen-bond donors (Lipinski definition) is 0. The zero-order valence-corrected chi connectivity index (χ0v) is 17.0. The second kappa shape index (κ2) is 8.59. The highest BCUT2D eigenvalue weighted by Crippen LogP contribution is 2.46. The average Bonchev–Trinajstić information content (AvgIpc) is 2.74. The summed E-state index contributed by atoms with van der Waals surface area (Å²) in [7, 11) is 4.30. The molecule has 0 N–H and O–H groups in total. The first-order chi connectivity index (χ1) is 13.6. The van der Waals surface area contributed by atoms with E-state index in [-0.39, 0.29) is 24.0 Å². The summed E-state index contributed by atoms with van der Waals surface area (Å²) in [5, 5.41) is 0. The lowest BCUT2D eigenvalue weighted by Crippen LogP contribution is -2.43. The molecule has 0 saturated heterocycles. The van der Waals surface area contributed by atoms with Gasteiger partial charge in [0.05, 0.1) is 18.2 Å². The second-order valence-corrected chi connectivity index (χ2v) is 8.52. The van der Waals surface area contributed by atoms with Gasteiger partial charge in [0.1, 0.15) is 0 Å². The molecule has 2 aromatic carbocycles. The predicted molar refractivity (Wildman–Crippen MR) is 112 cm³/mol. The van der Waals surface area contributed by atoms with Crippen molar-refractivity contribution in [2.24, 2.45) is 5.92 Å². The molecule has 148 valence electrons. The maximum absolute atomic E-state index is 12.9. The maximum atomic E-state index is 12.9. The van der Waals surface area contributed by atoms with Gasteiger partial charge in [-0.15, -0.1) is 0 Å². The molecule has 0 amide bonds. The van der Waals surface area contributed by atoms with Crippen molar-refractivity contribution in [2.45, 2.75) is 56.8 Å². The molecular weight excluding hydrogens is 346 g/mol. The van der Waals surface area contributed by atoms with Gasteiger partial charge in [0.2, 0.25) is 0 Å². The number of nitrogens with zero attached hydrogens (tertiary/aromatic N) is 1. The molecule has 28 heavy (non-hydrogen) atoms. The molecule has 1 saturated carbocycles. The average molecular weight is 378 g/mol. The van der Waals surface area contributed by atoms with Crippen molar-refractivity contribution in [3.8, 4) is 0 Å². The van der Waals surface area contributed by atoms with E-state index in [1.807, 2.05) is 30.3 Å². The highest BCUT2D eigenvalue weighted by atomic mass is 16.5. The molecule has 0 unspecified atom stereocenters. The third-order valence-electron chi connectivity index (χ3n) is 6.43. The number of carbonyl (C=O) groups excluding carboxylic acids is 1. The van der Waals surface area contributed by atoms with Gasteiger partial charge in [-0.1, -0.05) is 73.9 Å². The SMILES string of the molecule is CN(C)[C@H]1c2ccccc2[C@@H](CC(=O)c2ccccc2)O[C@@H]1C1CCCCC1. The highest BCUT2D eigenvalue weighted by Gasteiger charge is 2.41. The Labute approximate surface area is 168 Å². The van der Waals surface area contributed by atoms with E-state index in [2.05, 4.69) is 43.3 Å². The Bertz CT molecular complexity index is 795. The van der Waals surface area contributed by atoms with Gasteiger partial charge in [-0.3, -0.25) is 4.79 Å². The fourth-order valence-electron chi connectivity index (χ4n) is 5.06. The van der Waals surface area contributed by atoms with Crippen LogP contribution in [0.1, 0.15) is 72.2 Å². The van der Waals surface area contributed by atoms with E-state index in [9.17, 15) is 4.79 Å². The minimum atomic E-state index is -0.160. The molecule has 0 bridgehead atoms. The smallest absolute Gasteiger partial charge is 0.165 e. The standard InChI is InChI=1S/C25H31NO2/c1-26(2)24-21-16-10-9-15-20(21)23(17-22(27)18-11-5-3-6-12-18)28-25(24)19-13-7-4-8-14-19/h3,5-6,9-12,15-16,19,23-25H,4,7-8,13-14,17H2,1-2H3/t23-,24+,25-/m1/s1. The normalized spacial score (nSPS) is 25.5. The van der Waals surface area contributed by atoms with Gasteiger partial charge >= 0.3 is 0 Å². The van der Waals surface area contributed by atoms with Gasteiger partial charge in [0, 0.05) is 12.0 Å². The van der Waals surface area contributed by atoms with Crippen molar-refractivity contribution >= 4 is 5.78 Å². The van der Waals surface area contributed by atoms with E-state index in [1.165, 1.54) is 43.2 Å². The van der Waals surface area contributed by atoms with E-state index in [0.717, 1.165) is 5.56 Å². The van der Waals surface area contributed by atoms with Crippen molar-refractivity contribution < 1.29 is 9.53 Å². The molecule has 2 aromatic rings. The molecule has 1 fully saturated rings. The van der Waals surface area contributed by atoms with Gasteiger partial charge in [-0.05, 0) is 44.0 Å². The lowest BCUT2D eigenvalue weighted by atomic mass is 9.77. The van der Waals surface area contributed by atoms with Crippen molar-refractivity contribution in [3.05, 3.63) is 71.3 Å². The Hall–Kier alpha value is -1.97. The Morgan fingerprint density at radius 1 is 0.929 bits per heavy atom. The largest absolute Gasteiger partial charge is 0.368 e. The first kappa shape index (κ1) is 19.4. The predicted octanol–water partition coefficient (Wildman–Crippen LogP) is 5.58. The fourth-order valence-corrected chi connectivity index (χ4v) is 5.06. The summed E-state index contributed by atoms with van der Waals surface area (Å²) >= 11 is 0. The van der Waals surface area contributed by atoms with Gasteiger partial charge in [-0.2, -0.15) is 0 Å². The summed E-state index contributed by atoms with van der Waals surface area (Å²) in [6, 6.07) is 18.4. The molecule has 2 aliphatic rings. The fraction of sp³-hybridized carbons (Fsp3) is 0.480. The molecule has 1 aliphatic carbocycles. The summed E-state index contributed by atoms with van der Waals surface area (Å²) < 4.78 is 6.76. The van der Waals surface area contributed by atoms with Crippen LogP contribution in [-0.4, -0.2) is 30.9 Å². The van der Waals surface area contributed by atoms with Crippen molar-refractivity contribution in [3.63, 3.8) is 0 Å². The van der Waals surface area contributed by atoms with Gasteiger partial charge in [0.15, 0.2) is 5.78 Å². The number of fused-ring (bicyclic) bond motifs is 1. The molecule has 1 aliphatic heterocycles. The Morgan fingerprint density at radius 3 is 2.25 bits per heavy atom. The van der Waals surface area contributed by atoms with E-state index in [1.54, 1.807) is 0 Å². The Morgan fingerprint density at radius 2 is 1.57 bits per heavy atom. The second-order valence-electron chi connectivity index (χ2n) is 8.52. The van der Waals surface area contributed by atoms with E-state index in [4.69, 9.17) is 4.74 Å². The summed E-state index contributed by atoms with van der Waals surface area (Å²) in [6.07, 6.45) is 6.78. The summed E-state index contributed by atoms with van der Waals surface area (Å²) in [4.78, 5) is 15.2. The molecule has 0 aromatic heterocycles. The highest BCUT2D eigenvalue weighted by molar-refractivity contribution is 5.96. The topological polar surface area (TPSA) is 29.5 Å². The first-order valence-corrected chi connectivity index (χ1v) is 10.6. The van der Waals surface area contributed by atoms with Crippen LogP contribution in [0.5, 0.6) is 0 Å². The minimum absolute atomic E-state index is 0.152. The lowest BCUT2D eigenvalue weighted by Gasteiger charge is -2.45. The van der Waals surface area contributed by atoms with Crippen molar-refractivity contribution in [1.82, 2.24) is 4.90 Å². The van der Waals surface area contributed by atoms with Crippen LogP contribution in [0.15, 0.2) is 54.6 Å². The number of rotatable bonds is 5. The summed E-state index contributed by atoms with van der Waals surface area (Å²) in [5.41, 5.74) is 3.28. The number of ketones is 1. The van der Waals surface area contributed by atoms with Crippen LogP contribution >= 0.6 is 0 Å². The van der Waals surface area contributed by atoms with Crippen molar-refractivity contribution in [2.75, 3.05) is 14.1 Å². The number of carbonyl (C=O) groups is 1. The van der Waals surface area contributed by atoms with Crippen LogP contribution in [0.25, 0.3) is 0 Å². The molecule has 0 spiro atoms. The Balaban J connectivity index is 1.66. The Kier molecular flexibility index (Phi) is 5.93. The minimum Gasteiger partial charge on any atom is -0.368 e. The van der Waals surface area contributed by atoms with Crippen LogP contribution in [0, 0.1) is 5.92 Å². The van der Waals surface area contributed by atoms with Gasteiger partial charge in [0.25, 0.3) is 0 Å². The molecule has 1 heterocycles. The number of likely N-dealkylation sites (N-methyl/N-ethyl adjacent to an activating group) is 1. The first-order valence-electron chi connectivity index (χ1n) is 10.6. The summed E-state index contributed by atoms with van der Waals surface area (Å²) in [6.45, 7) is 0. The third-order valence-corrected chi connectivity index (χ3v) is 6.43. The number of ether oxygens (including phenoxy) is 1. The van der Waals surface area contributed by atoms with Crippen LogP contribution in [0.3, 0.4) is 0 Å². The molecule has 4 rings (SSSR count). The lowest BCUT2D eigenvalue weighted by molar-refractivity contribution is -0.103. The van der Waals surface area contributed by atoms with Crippen LogP contribution < -0.4 is 0 Å². The molecular formula is C25H31NO2. The zero-order chi connectivity index (χ0) is 19.5. The van der Waals surface area contributed by atoms with Crippen LogP contribution in [0.4, 0.5) is 0 Å². The van der Waals surface area contributed by atoms with Crippen molar-refractivity contribution in [1.29, 1.82) is 0 Å². The van der Waals surface area contributed by atoms with Gasteiger partial charge in [-0.25, -0.2) is 0 Å². The van der Waals surface area contributed by atoms with E-state index in [0.29, 0.717) is 12.3 Å². The number of Topliss-reactive ketones (excluding diaryl/α,β-unsaturated/α-hetero) is 1. The van der Waals surface area contributed by atoms with Gasteiger partial charge < -0.3 is 9.64 Å². The quantitative estimate of drug-likeness (QED) is 0.637. The van der Waals surface area contributed by atoms with E-state index >= 15 is 0 Å². The van der Waals surface area contributed by atoms with E-state index < -0.39 is 0 Å². The third kappa shape index (κ3) is 3.92. The maximum Gasteiger partial charge on any atom is 0.165 e.